The molecule has 1 rings (SSSR count). The molecule has 2 N–H and O–H groups in total. The van der Waals surface area contributed by atoms with Crippen LogP contribution < -0.4 is 0 Å². The fourth-order valence-corrected chi connectivity index (χ4v) is 1.76. The Bertz CT molecular complexity index is 122. The lowest BCUT2D eigenvalue weighted by molar-refractivity contribution is 0.0623. The minimum atomic E-state index is -0.501. The SMILES string of the molecule is CN1CCC(C[C@@H](O)CO)CC1. The predicted molar refractivity (Wildman–Crippen MR) is 47.9 cm³/mol. The summed E-state index contributed by atoms with van der Waals surface area (Å²) in [6.07, 6.45) is 2.59. The van der Waals surface area contributed by atoms with E-state index in [0.717, 1.165) is 32.4 Å². The Morgan fingerprint density at radius 1 is 1.42 bits per heavy atom. The van der Waals surface area contributed by atoms with Gasteiger partial charge in [-0.3, -0.25) is 0 Å². The van der Waals surface area contributed by atoms with Crippen LogP contribution in [0.25, 0.3) is 0 Å². The molecule has 1 aliphatic rings. The molecule has 0 aromatic carbocycles. The molecule has 12 heavy (non-hydrogen) atoms. The smallest absolute Gasteiger partial charge is 0.0773 e. The lowest BCUT2D eigenvalue weighted by Crippen LogP contribution is -2.32. The average molecular weight is 173 g/mol. The molecule has 72 valence electrons. The zero-order valence-corrected chi connectivity index (χ0v) is 7.74. The largest absolute Gasteiger partial charge is 0.394 e. The lowest BCUT2D eigenvalue weighted by Gasteiger charge is -2.29. The van der Waals surface area contributed by atoms with E-state index in [1.165, 1.54) is 0 Å². The van der Waals surface area contributed by atoms with Crippen LogP contribution in [-0.2, 0) is 0 Å². The van der Waals surface area contributed by atoms with Crippen molar-refractivity contribution in [3.8, 4) is 0 Å². The fourth-order valence-electron chi connectivity index (χ4n) is 1.76. The van der Waals surface area contributed by atoms with Gasteiger partial charge in [0.25, 0.3) is 0 Å². The van der Waals surface area contributed by atoms with Crippen molar-refractivity contribution in [1.29, 1.82) is 0 Å². The van der Waals surface area contributed by atoms with E-state index in [1.807, 2.05) is 0 Å². The van der Waals surface area contributed by atoms with Crippen LogP contribution in [0.4, 0.5) is 0 Å². The molecule has 1 atom stereocenters. The van der Waals surface area contributed by atoms with Gasteiger partial charge >= 0.3 is 0 Å². The van der Waals surface area contributed by atoms with Crippen LogP contribution in [0.15, 0.2) is 0 Å². The van der Waals surface area contributed by atoms with E-state index >= 15 is 0 Å². The number of hydrogen-bond acceptors (Lipinski definition) is 3. The van der Waals surface area contributed by atoms with E-state index in [2.05, 4.69) is 11.9 Å². The van der Waals surface area contributed by atoms with Crippen molar-refractivity contribution in [2.24, 2.45) is 5.92 Å². The molecule has 1 fully saturated rings. The van der Waals surface area contributed by atoms with Gasteiger partial charge in [0.05, 0.1) is 12.7 Å². The van der Waals surface area contributed by atoms with Crippen LogP contribution in [0.5, 0.6) is 0 Å². The van der Waals surface area contributed by atoms with Gasteiger partial charge in [-0.05, 0) is 45.3 Å². The maximum absolute atomic E-state index is 9.21. The van der Waals surface area contributed by atoms with Crippen molar-refractivity contribution in [3.63, 3.8) is 0 Å². The summed E-state index contributed by atoms with van der Waals surface area (Å²) in [6, 6.07) is 0. The molecule has 0 spiro atoms. The van der Waals surface area contributed by atoms with Crippen LogP contribution in [0.2, 0.25) is 0 Å². The normalized spacial score (nSPS) is 24.2. The van der Waals surface area contributed by atoms with E-state index in [9.17, 15) is 5.11 Å². The van der Waals surface area contributed by atoms with Gasteiger partial charge in [0.2, 0.25) is 0 Å². The van der Waals surface area contributed by atoms with Gasteiger partial charge < -0.3 is 15.1 Å². The summed E-state index contributed by atoms with van der Waals surface area (Å²) < 4.78 is 0. The topological polar surface area (TPSA) is 43.7 Å². The first-order chi connectivity index (χ1) is 5.72. The first-order valence-electron chi connectivity index (χ1n) is 4.70. The first kappa shape index (κ1) is 9.96. The number of rotatable bonds is 3. The molecular weight excluding hydrogens is 154 g/mol. The molecule has 1 saturated heterocycles. The number of likely N-dealkylation sites (tertiary alicyclic amines) is 1. The third-order valence-corrected chi connectivity index (χ3v) is 2.65. The first-order valence-corrected chi connectivity index (χ1v) is 4.70. The van der Waals surface area contributed by atoms with Crippen molar-refractivity contribution in [1.82, 2.24) is 4.90 Å². The molecule has 0 unspecified atom stereocenters. The molecule has 0 saturated carbocycles. The molecule has 1 aliphatic heterocycles. The second-order valence-electron chi connectivity index (χ2n) is 3.82. The Labute approximate surface area is 74.0 Å². The van der Waals surface area contributed by atoms with Crippen molar-refractivity contribution in [2.75, 3.05) is 26.7 Å². The van der Waals surface area contributed by atoms with Crippen LogP contribution in [0.3, 0.4) is 0 Å². The fraction of sp³-hybridized carbons (Fsp3) is 1.00. The summed E-state index contributed by atoms with van der Waals surface area (Å²) in [5.41, 5.74) is 0. The van der Waals surface area contributed by atoms with Crippen LogP contribution in [0.1, 0.15) is 19.3 Å². The number of nitrogens with zero attached hydrogens (tertiary/aromatic N) is 1. The number of aliphatic hydroxyl groups excluding tert-OH is 2. The monoisotopic (exact) mass is 173 g/mol. The summed E-state index contributed by atoms with van der Waals surface area (Å²) in [6.45, 7) is 2.16. The van der Waals surface area contributed by atoms with Crippen LogP contribution in [-0.4, -0.2) is 48.0 Å². The van der Waals surface area contributed by atoms with E-state index in [4.69, 9.17) is 5.11 Å². The van der Waals surface area contributed by atoms with Gasteiger partial charge in [-0.1, -0.05) is 0 Å². The van der Waals surface area contributed by atoms with Crippen molar-refractivity contribution < 1.29 is 10.2 Å². The molecule has 3 heteroatoms. The van der Waals surface area contributed by atoms with Gasteiger partial charge in [0.1, 0.15) is 0 Å². The third-order valence-electron chi connectivity index (χ3n) is 2.65. The minimum Gasteiger partial charge on any atom is -0.394 e. The minimum absolute atomic E-state index is 0.0909. The number of aliphatic hydroxyl groups is 2. The average Bonchev–Trinajstić information content (AvgIpc) is 2.09. The van der Waals surface area contributed by atoms with Gasteiger partial charge in [0.15, 0.2) is 0 Å². The molecule has 0 bridgehead atoms. The zero-order chi connectivity index (χ0) is 8.97. The molecule has 1 heterocycles. The quantitative estimate of drug-likeness (QED) is 0.635. The molecule has 0 aromatic heterocycles. The van der Waals surface area contributed by atoms with Gasteiger partial charge in [0, 0.05) is 0 Å². The highest BCUT2D eigenvalue weighted by Crippen LogP contribution is 2.20. The maximum atomic E-state index is 9.21. The van der Waals surface area contributed by atoms with Gasteiger partial charge in [-0.15, -0.1) is 0 Å². The van der Waals surface area contributed by atoms with E-state index in [1.54, 1.807) is 0 Å². The summed E-state index contributed by atoms with van der Waals surface area (Å²) in [7, 11) is 2.12. The molecular formula is C9H19NO2. The Kier molecular flexibility index (Phi) is 3.98. The van der Waals surface area contributed by atoms with E-state index < -0.39 is 6.10 Å². The summed E-state index contributed by atoms with van der Waals surface area (Å²) in [5.74, 6) is 0.614. The third kappa shape index (κ3) is 3.09. The highest BCUT2D eigenvalue weighted by molar-refractivity contribution is 4.72. The highest BCUT2D eigenvalue weighted by atomic mass is 16.3. The molecule has 3 nitrogen and oxygen atoms in total. The van der Waals surface area contributed by atoms with Crippen LogP contribution >= 0.6 is 0 Å². The maximum Gasteiger partial charge on any atom is 0.0773 e. The lowest BCUT2D eigenvalue weighted by atomic mass is 9.91. The van der Waals surface area contributed by atoms with E-state index in [0.29, 0.717) is 5.92 Å². The molecule has 0 aliphatic carbocycles. The second kappa shape index (κ2) is 4.80. The summed E-state index contributed by atoms with van der Waals surface area (Å²) in [5, 5.41) is 17.9. The molecule has 0 radical (unpaired) electrons. The van der Waals surface area contributed by atoms with Crippen LogP contribution in [0, 0.1) is 5.92 Å². The van der Waals surface area contributed by atoms with Gasteiger partial charge in [-0.25, -0.2) is 0 Å². The molecule has 0 amide bonds. The van der Waals surface area contributed by atoms with Crippen molar-refractivity contribution in [3.05, 3.63) is 0 Å². The Morgan fingerprint density at radius 2 is 2.00 bits per heavy atom. The Morgan fingerprint density at radius 3 is 2.50 bits per heavy atom. The predicted octanol–water partition coefficient (Wildman–Crippen LogP) is 0.0715. The number of piperidine rings is 1. The standard InChI is InChI=1S/C9H19NO2/c1-10-4-2-8(3-5-10)6-9(12)7-11/h8-9,11-12H,2-7H2,1H3/t9-/m1/s1. The summed E-state index contributed by atoms with van der Waals surface area (Å²) in [4.78, 5) is 2.31. The number of hydrogen-bond donors (Lipinski definition) is 2. The summed E-state index contributed by atoms with van der Waals surface area (Å²) >= 11 is 0. The Hall–Kier alpha value is -0.120. The van der Waals surface area contributed by atoms with Crippen molar-refractivity contribution >= 4 is 0 Å². The van der Waals surface area contributed by atoms with Gasteiger partial charge in [-0.2, -0.15) is 0 Å². The van der Waals surface area contributed by atoms with Crippen molar-refractivity contribution in [2.45, 2.75) is 25.4 Å². The second-order valence-corrected chi connectivity index (χ2v) is 3.82. The Balaban J connectivity index is 2.17. The highest BCUT2D eigenvalue weighted by Gasteiger charge is 2.18. The van der Waals surface area contributed by atoms with E-state index in [-0.39, 0.29) is 6.61 Å². The zero-order valence-electron chi connectivity index (χ0n) is 7.74. The molecule has 0 aromatic rings.